The normalized spacial score (nSPS) is 24.3. The topological polar surface area (TPSA) is 163 Å². The molecular formula is C35H43N5O8. The molecule has 2 aromatic carbocycles. The summed E-state index contributed by atoms with van der Waals surface area (Å²) in [5, 5.41) is 28.3. The Balaban J connectivity index is 1.52. The maximum atomic E-state index is 13.4. The second-order valence-electron chi connectivity index (χ2n) is 13.1. The number of nitrogens with one attached hydrogen (secondary N) is 2. The minimum absolute atomic E-state index is 0.0365. The molecule has 0 saturated carbocycles. The Morgan fingerprint density at radius 2 is 1.88 bits per heavy atom. The molecule has 1 fully saturated rings. The van der Waals surface area contributed by atoms with Crippen molar-refractivity contribution in [3.63, 3.8) is 0 Å². The van der Waals surface area contributed by atoms with Gasteiger partial charge in [-0.25, -0.2) is 0 Å². The lowest BCUT2D eigenvalue weighted by Crippen LogP contribution is -2.69. The van der Waals surface area contributed by atoms with Gasteiger partial charge in [0.2, 0.25) is 18.6 Å². The van der Waals surface area contributed by atoms with Crippen LogP contribution in [-0.2, 0) is 27.2 Å². The SMILES string of the molecule is CCCC(=O)N[C@@H](C)C(=O)NC[C@H]1c2c(c(OC(C)=O)c(C)c3c2OCO3)CC2[C@@H]3c4c(cc(C)c(OC)c4O)C[C@H]([C@H](C#N)N21)N3C. The third kappa shape index (κ3) is 5.27. The van der Waals surface area contributed by atoms with Crippen LogP contribution in [0.4, 0.5) is 0 Å². The van der Waals surface area contributed by atoms with Crippen molar-refractivity contribution in [1.82, 2.24) is 20.4 Å². The molecule has 0 radical (unpaired) electrons. The van der Waals surface area contributed by atoms with Crippen LogP contribution >= 0.6 is 0 Å². The van der Waals surface area contributed by atoms with Crippen LogP contribution in [0.5, 0.6) is 28.7 Å². The van der Waals surface area contributed by atoms with E-state index in [2.05, 4.69) is 26.5 Å². The number of carbonyl (C=O) groups is 3. The quantitative estimate of drug-likeness (QED) is 0.282. The monoisotopic (exact) mass is 661 g/mol. The van der Waals surface area contributed by atoms with Gasteiger partial charge in [-0.15, -0.1) is 0 Å². The van der Waals surface area contributed by atoms with Crippen LogP contribution in [0.2, 0.25) is 0 Å². The third-order valence-corrected chi connectivity index (χ3v) is 10.2. The molecule has 4 heterocycles. The molecule has 4 aliphatic rings. The van der Waals surface area contributed by atoms with Crippen LogP contribution < -0.4 is 29.6 Å². The average Bonchev–Trinajstić information content (AvgIpc) is 3.52. The molecule has 0 spiro atoms. The molecule has 6 atom stereocenters. The average molecular weight is 662 g/mol. The lowest BCUT2D eigenvalue weighted by atomic mass is 9.71. The first-order valence-electron chi connectivity index (χ1n) is 16.4. The molecule has 1 saturated heterocycles. The van der Waals surface area contributed by atoms with Crippen LogP contribution in [-0.4, -0.2) is 84.4 Å². The number of phenols is 1. The van der Waals surface area contributed by atoms with Crippen molar-refractivity contribution in [2.24, 2.45) is 0 Å². The van der Waals surface area contributed by atoms with E-state index in [-0.39, 0.29) is 43.0 Å². The van der Waals surface area contributed by atoms with Gasteiger partial charge in [-0.1, -0.05) is 13.0 Å². The summed E-state index contributed by atoms with van der Waals surface area (Å²) in [6.45, 7) is 8.59. The summed E-state index contributed by atoms with van der Waals surface area (Å²) in [5.41, 5.74) is 4.49. The van der Waals surface area contributed by atoms with Crippen LogP contribution in [0, 0.1) is 25.2 Å². The number of likely N-dealkylation sites (N-methyl/N-ethyl adjacent to an activating group) is 1. The van der Waals surface area contributed by atoms with E-state index >= 15 is 0 Å². The number of phenolic OH excluding ortho intramolecular Hbond substituents is 1. The number of aromatic hydroxyl groups is 1. The van der Waals surface area contributed by atoms with Crippen LogP contribution in [0.15, 0.2) is 6.07 Å². The van der Waals surface area contributed by atoms with Crippen molar-refractivity contribution >= 4 is 17.8 Å². The summed E-state index contributed by atoms with van der Waals surface area (Å²) >= 11 is 0. The summed E-state index contributed by atoms with van der Waals surface area (Å²) in [7, 11) is 3.50. The third-order valence-electron chi connectivity index (χ3n) is 10.2. The standard InChI is InChI=1S/C35H43N5O8/c1-8-9-26(42)38-18(4)35(44)37-14-25-28-21(32(48-19(5)41)17(3)33-34(28)47-15-46-33)12-23-29-27-20(10-16(2)31(45-7)30(27)43)11-22(39(29)6)24(13-36)40(23)25/h10,18,22-25,29,43H,8-9,11-12,14-15H2,1-7H3,(H,37,44)(H,38,42)/t18-,22+,23?,24-,25-,29+/m0/s1. The molecule has 2 amide bonds. The van der Waals surface area contributed by atoms with Crippen molar-refractivity contribution in [2.75, 3.05) is 27.5 Å². The number of carbonyl (C=O) groups excluding carboxylic acids is 3. The van der Waals surface area contributed by atoms with E-state index in [0.29, 0.717) is 65.4 Å². The summed E-state index contributed by atoms with van der Waals surface area (Å²) in [5.74, 6) is 0.662. The second-order valence-corrected chi connectivity index (χ2v) is 13.1. The summed E-state index contributed by atoms with van der Waals surface area (Å²) in [6.07, 6.45) is 1.82. The van der Waals surface area contributed by atoms with Gasteiger partial charge in [0.15, 0.2) is 23.0 Å². The minimum atomic E-state index is -0.791. The molecule has 0 aliphatic carbocycles. The van der Waals surface area contributed by atoms with E-state index in [4.69, 9.17) is 18.9 Å². The Hall–Kier alpha value is -4.54. The maximum Gasteiger partial charge on any atom is 0.308 e. The Morgan fingerprint density at radius 3 is 2.54 bits per heavy atom. The number of amides is 2. The van der Waals surface area contributed by atoms with Crippen molar-refractivity contribution in [3.05, 3.63) is 39.4 Å². The molecule has 3 N–H and O–H groups in total. The van der Waals surface area contributed by atoms with Crippen LogP contribution in [0.3, 0.4) is 0 Å². The number of ether oxygens (including phenoxy) is 4. The molecule has 13 heteroatoms. The molecule has 0 aromatic heterocycles. The summed E-state index contributed by atoms with van der Waals surface area (Å²) < 4.78 is 23.5. The van der Waals surface area contributed by atoms with E-state index in [9.17, 15) is 24.8 Å². The van der Waals surface area contributed by atoms with Gasteiger partial charge in [0, 0.05) is 54.2 Å². The zero-order chi connectivity index (χ0) is 34.6. The Morgan fingerprint density at radius 1 is 1.15 bits per heavy atom. The second kappa shape index (κ2) is 12.8. The highest BCUT2D eigenvalue weighted by molar-refractivity contribution is 5.87. The van der Waals surface area contributed by atoms with E-state index in [1.54, 1.807) is 6.92 Å². The van der Waals surface area contributed by atoms with E-state index < -0.39 is 30.1 Å². The Labute approximate surface area is 280 Å². The molecule has 2 bridgehead atoms. The van der Waals surface area contributed by atoms with Crippen LogP contribution in [0.25, 0.3) is 0 Å². The van der Waals surface area contributed by atoms with Gasteiger partial charge in [0.25, 0.3) is 0 Å². The molecule has 4 aliphatic heterocycles. The van der Waals surface area contributed by atoms with Crippen molar-refractivity contribution in [3.8, 4) is 34.8 Å². The first-order valence-corrected chi connectivity index (χ1v) is 16.4. The highest BCUT2D eigenvalue weighted by atomic mass is 16.7. The molecule has 256 valence electrons. The van der Waals surface area contributed by atoms with Crippen molar-refractivity contribution in [2.45, 2.75) is 96.6 Å². The lowest BCUT2D eigenvalue weighted by Gasteiger charge is -2.60. The first kappa shape index (κ1) is 33.4. The van der Waals surface area contributed by atoms with E-state index in [0.717, 1.165) is 16.7 Å². The summed E-state index contributed by atoms with van der Waals surface area (Å²) in [4.78, 5) is 42.5. The number of rotatable bonds is 8. The largest absolute Gasteiger partial charge is 0.504 e. The number of hydrogen-bond acceptors (Lipinski definition) is 11. The van der Waals surface area contributed by atoms with Gasteiger partial charge in [0.1, 0.15) is 17.8 Å². The zero-order valence-electron chi connectivity index (χ0n) is 28.4. The van der Waals surface area contributed by atoms with Gasteiger partial charge >= 0.3 is 5.97 Å². The number of fused-ring (bicyclic) bond motifs is 9. The highest BCUT2D eigenvalue weighted by Gasteiger charge is 2.57. The van der Waals surface area contributed by atoms with Crippen LogP contribution in [0.1, 0.15) is 79.1 Å². The van der Waals surface area contributed by atoms with Gasteiger partial charge < -0.3 is 34.7 Å². The van der Waals surface area contributed by atoms with Gasteiger partial charge in [0.05, 0.1) is 25.3 Å². The molecule has 48 heavy (non-hydrogen) atoms. The maximum absolute atomic E-state index is 13.4. The molecular weight excluding hydrogens is 618 g/mol. The number of benzene rings is 2. The minimum Gasteiger partial charge on any atom is -0.504 e. The van der Waals surface area contributed by atoms with E-state index in [1.807, 2.05) is 33.9 Å². The number of nitriles is 1. The Kier molecular flexibility index (Phi) is 8.91. The highest BCUT2D eigenvalue weighted by Crippen LogP contribution is 2.58. The van der Waals surface area contributed by atoms with Gasteiger partial charge in [-0.2, -0.15) is 5.26 Å². The van der Waals surface area contributed by atoms with Gasteiger partial charge in [-0.3, -0.25) is 24.2 Å². The molecule has 2 aromatic rings. The zero-order valence-corrected chi connectivity index (χ0v) is 28.4. The molecule has 13 nitrogen and oxygen atoms in total. The molecule has 1 unspecified atom stereocenters. The predicted molar refractivity (Wildman–Crippen MR) is 173 cm³/mol. The van der Waals surface area contributed by atoms with Crippen molar-refractivity contribution in [1.29, 1.82) is 5.26 Å². The molecule has 6 rings (SSSR count). The number of nitrogens with zero attached hydrogens (tertiary/aromatic N) is 3. The predicted octanol–water partition coefficient (Wildman–Crippen LogP) is 2.86. The number of methoxy groups -OCH3 is 1. The van der Waals surface area contributed by atoms with Gasteiger partial charge in [-0.05, 0) is 58.2 Å². The number of aryl methyl sites for hydroxylation is 1. The smallest absolute Gasteiger partial charge is 0.308 e. The number of hydrogen-bond donors (Lipinski definition) is 3. The van der Waals surface area contributed by atoms with E-state index in [1.165, 1.54) is 14.0 Å². The summed E-state index contributed by atoms with van der Waals surface area (Å²) in [6, 6.07) is 1.54. The fourth-order valence-corrected chi connectivity index (χ4v) is 8.27. The number of piperazine rings is 1. The van der Waals surface area contributed by atoms with Crippen molar-refractivity contribution < 1.29 is 38.4 Å². The number of esters is 1. The fourth-order valence-electron chi connectivity index (χ4n) is 8.27. The lowest BCUT2D eigenvalue weighted by molar-refractivity contribution is -0.132. The Bertz CT molecular complexity index is 1720. The fraction of sp³-hybridized carbons (Fsp3) is 0.543. The first-order chi connectivity index (χ1) is 22.9.